The Morgan fingerprint density at radius 2 is 0.690 bits per heavy atom. The molecule has 22 heteroatoms. The molecule has 22 nitrogen and oxygen atoms in total. The minimum Gasteiger partial charge on any atom is -0.379 e. The highest BCUT2D eigenvalue weighted by atomic mass is 16.5. The number of nitrogens with zero attached hydrogens (tertiary/aromatic N) is 3. The summed E-state index contributed by atoms with van der Waals surface area (Å²) in [6.45, 7) is 13.1. The van der Waals surface area contributed by atoms with Gasteiger partial charge in [-0.15, -0.1) is 5.10 Å². The van der Waals surface area contributed by atoms with Crippen LogP contribution >= 0.6 is 0 Å². The summed E-state index contributed by atoms with van der Waals surface area (Å²) in [6.07, 6.45) is 36.1. The third kappa shape index (κ3) is 53.9. The second-order valence-electron chi connectivity index (χ2n) is 23.1. The van der Waals surface area contributed by atoms with E-state index in [1.165, 1.54) is 141 Å². The van der Waals surface area contributed by atoms with E-state index < -0.39 is 17.9 Å². The first-order valence-electron chi connectivity index (χ1n) is 34.1. The smallest absolute Gasteiger partial charge is 0.242 e. The number of ether oxygens (including phenoxy) is 5. The number of amides is 7. The van der Waals surface area contributed by atoms with Gasteiger partial charge in [0.2, 0.25) is 41.4 Å². The van der Waals surface area contributed by atoms with Crippen LogP contribution in [0.5, 0.6) is 0 Å². The van der Waals surface area contributed by atoms with Gasteiger partial charge in [-0.3, -0.25) is 33.6 Å². The van der Waals surface area contributed by atoms with Crippen LogP contribution in [0.25, 0.3) is 0 Å². The van der Waals surface area contributed by atoms with Gasteiger partial charge in [-0.05, 0) is 25.2 Å². The Kier molecular flexibility index (Phi) is 55.5. The monoisotopic (exact) mass is 1230 g/mol. The number of aromatic nitrogens is 3. The Morgan fingerprint density at radius 3 is 1.06 bits per heavy atom. The van der Waals surface area contributed by atoms with E-state index in [2.05, 4.69) is 61.4 Å². The Morgan fingerprint density at radius 1 is 0.379 bits per heavy atom. The van der Waals surface area contributed by atoms with Crippen molar-refractivity contribution in [2.75, 3.05) is 105 Å². The molecule has 0 aliphatic heterocycles. The molecule has 0 aromatic carbocycles. The minimum absolute atomic E-state index is 0.0106. The predicted octanol–water partition coefficient (Wildman–Crippen LogP) is 8.58. The first-order valence-corrected chi connectivity index (χ1v) is 34.1. The fourth-order valence-electron chi connectivity index (χ4n) is 9.39. The van der Waals surface area contributed by atoms with Crippen LogP contribution in [0.1, 0.15) is 251 Å². The van der Waals surface area contributed by atoms with Crippen molar-refractivity contribution in [3.63, 3.8) is 0 Å². The molecule has 1 aromatic heterocycles. The Bertz CT molecular complexity index is 1860. The summed E-state index contributed by atoms with van der Waals surface area (Å²) >= 11 is 0. The maximum absolute atomic E-state index is 13.3. The van der Waals surface area contributed by atoms with E-state index in [0.29, 0.717) is 78.6 Å². The first kappa shape index (κ1) is 80.2. The van der Waals surface area contributed by atoms with Crippen LogP contribution in [0, 0.1) is 0 Å². The van der Waals surface area contributed by atoms with Gasteiger partial charge in [0.05, 0.1) is 78.3 Å². The van der Waals surface area contributed by atoms with Crippen LogP contribution in [0.15, 0.2) is 6.20 Å². The zero-order chi connectivity index (χ0) is 63.3. The molecule has 0 bridgehead atoms. The fraction of sp³-hybridized carbons (Fsp3) is 0.862. The van der Waals surface area contributed by atoms with Gasteiger partial charge in [0.15, 0.2) is 0 Å². The van der Waals surface area contributed by atoms with Gasteiger partial charge < -0.3 is 60.9 Å². The number of carbonyl (C=O) groups excluding carboxylic acids is 7. The fourth-order valence-corrected chi connectivity index (χ4v) is 9.39. The van der Waals surface area contributed by atoms with E-state index in [-0.39, 0.29) is 114 Å². The number of nitrogens with one attached hydrogen (secondary N) is 7. The molecular weight excluding hydrogens is 1110 g/mol. The van der Waals surface area contributed by atoms with Crippen LogP contribution in [0.2, 0.25) is 0 Å². The van der Waals surface area contributed by atoms with Crippen LogP contribution < -0.4 is 37.2 Å². The highest BCUT2D eigenvalue weighted by molar-refractivity contribution is 5.88. The number of carbonyl (C=O) groups is 7. The molecule has 0 fully saturated rings. The largest absolute Gasteiger partial charge is 0.379 e. The lowest BCUT2D eigenvalue weighted by Gasteiger charge is -2.18. The summed E-state index contributed by atoms with van der Waals surface area (Å²) in [6, 6.07) is -1.02. The number of unbranched alkanes of at least 4 members (excludes halogenated alkanes) is 24. The summed E-state index contributed by atoms with van der Waals surface area (Å²) in [5.74, 6) is -1.35. The molecule has 0 saturated heterocycles. The zero-order valence-electron chi connectivity index (χ0n) is 54.8. The van der Waals surface area contributed by atoms with Gasteiger partial charge in [0, 0.05) is 84.0 Å². The van der Waals surface area contributed by atoms with Crippen LogP contribution in [-0.4, -0.2) is 168 Å². The summed E-state index contributed by atoms with van der Waals surface area (Å²) in [4.78, 5) is 87.9. The van der Waals surface area contributed by atoms with Crippen molar-refractivity contribution < 1.29 is 57.2 Å². The van der Waals surface area contributed by atoms with Crippen LogP contribution in [0.4, 0.5) is 0 Å². The van der Waals surface area contributed by atoms with E-state index in [1.807, 2.05) is 20.0 Å². The normalized spacial score (nSPS) is 11.6. The molecule has 7 amide bonds. The highest BCUT2D eigenvalue weighted by Gasteiger charge is 2.22. The minimum atomic E-state index is -1.02. The molecule has 1 rings (SSSR count). The van der Waals surface area contributed by atoms with Crippen molar-refractivity contribution in [3.8, 4) is 0 Å². The predicted molar refractivity (Wildman–Crippen MR) is 342 cm³/mol. The van der Waals surface area contributed by atoms with E-state index in [9.17, 15) is 33.6 Å². The van der Waals surface area contributed by atoms with E-state index in [4.69, 9.17) is 23.7 Å². The summed E-state index contributed by atoms with van der Waals surface area (Å²) < 4.78 is 29.5. The van der Waals surface area contributed by atoms with Gasteiger partial charge in [0.1, 0.15) is 6.04 Å². The molecule has 0 aliphatic carbocycles. The summed E-state index contributed by atoms with van der Waals surface area (Å²) in [5, 5.41) is 27.8. The summed E-state index contributed by atoms with van der Waals surface area (Å²) in [7, 11) is 0. The Labute approximate surface area is 524 Å². The van der Waals surface area contributed by atoms with E-state index in [1.54, 1.807) is 4.68 Å². The second-order valence-corrected chi connectivity index (χ2v) is 23.1. The maximum atomic E-state index is 13.3. The molecule has 87 heavy (non-hydrogen) atoms. The molecule has 0 unspecified atom stereocenters. The van der Waals surface area contributed by atoms with Gasteiger partial charge in [-0.1, -0.05) is 187 Å². The van der Waals surface area contributed by atoms with Crippen LogP contribution in [0.3, 0.4) is 0 Å². The third-order valence-electron chi connectivity index (χ3n) is 14.7. The first-order chi connectivity index (χ1) is 42.4. The van der Waals surface area contributed by atoms with Crippen molar-refractivity contribution in [2.24, 2.45) is 0 Å². The average molecular weight is 1240 g/mol. The number of rotatable bonds is 64. The maximum Gasteiger partial charge on any atom is 0.242 e. The second kappa shape index (κ2) is 60.2. The summed E-state index contributed by atoms with van der Waals surface area (Å²) in [5.41, 5.74) is 0.874. The lowest BCUT2D eigenvalue weighted by Crippen LogP contribution is -2.48. The lowest BCUT2D eigenvalue weighted by molar-refractivity contribution is -0.130. The standard InChI is InChI=1S/C65H122N10O12/c1-5-7-9-11-13-15-17-19-21-23-25-27-29-31-59(76)66-39-49-86-51-41-69-62(79)35-45-83-48-38-68-61(78)34-33-57(72-64(81)37-47-85-54-44-75-55-58(56(3)4)73-74-75)65(82)71-43-53-84-46-36-63(80)70-42-52-87-50-40-67-60(77)32-30-28-26-24-22-20-18-16-14-12-10-8-6-2/h55-57H,5-54H2,1-4H3,(H,66,76)(H,67,77)(H,68,78)(H,69,79)(H,70,80)(H,71,82)(H,72,81)/t57-/m0/s1. The van der Waals surface area contributed by atoms with E-state index >= 15 is 0 Å². The average Bonchev–Trinajstić information content (AvgIpc) is 4.28. The van der Waals surface area contributed by atoms with Crippen LogP contribution in [-0.2, 0) is 63.8 Å². The van der Waals surface area contributed by atoms with Gasteiger partial charge in [-0.2, -0.15) is 0 Å². The molecule has 0 saturated carbocycles. The van der Waals surface area contributed by atoms with Gasteiger partial charge >= 0.3 is 0 Å². The van der Waals surface area contributed by atoms with E-state index in [0.717, 1.165) is 31.4 Å². The molecule has 0 spiro atoms. The molecule has 1 heterocycles. The Hall–Kier alpha value is -4.77. The third-order valence-corrected chi connectivity index (χ3v) is 14.7. The van der Waals surface area contributed by atoms with Crippen molar-refractivity contribution in [1.82, 2.24) is 52.2 Å². The SMILES string of the molecule is CCCCCCCCCCCCCCCC(=O)NCCOCCNC(=O)CCOCCNC(=O)CC[C@H](NC(=O)CCOCCn1cc(C(C)C)nn1)C(=O)NCCOCCC(=O)NCCOCCNC(=O)CCCCCCCCCCCCCCC. The molecule has 0 radical (unpaired) electrons. The molecule has 1 aromatic rings. The topological polar surface area (TPSA) is 281 Å². The van der Waals surface area contributed by atoms with Crippen molar-refractivity contribution >= 4 is 41.4 Å². The van der Waals surface area contributed by atoms with Crippen molar-refractivity contribution in [1.29, 1.82) is 0 Å². The zero-order valence-corrected chi connectivity index (χ0v) is 54.8. The number of hydrogen-bond acceptors (Lipinski definition) is 14. The lowest BCUT2D eigenvalue weighted by atomic mass is 10.0. The van der Waals surface area contributed by atoms with Crippen molar-refractivity contribution in [3.05, 3.63) is 11.9 Å². The molecule has 1 atom stereocenters. The van der Waals surface area contributed by atoms with Crippen molar-refractivity contribution in [2.45, 2.75) is 258 Å². The molecule has 0 aliphatic rings. The Balaban J connectivity index is 2.22. The molecule has 7 N–H and O–H groups in total. The molecular formula is C65H122N10O12. The van der Waals surface area contributed by atoms with Gasteiger partial charge in [0.25, 0.3) is 0 Å². The number of hydrogen-bond donors (Lipinski definition) is 7. The highest BCUT2D eigenvalue weighted by Crippen LogP contribution is 2.15. The van der Waals surface area contributed by atoms with Gasteiger partial charge in [-0.25, -0.2) is 4.68 Å². The molecule has 504 valence electrons. The quantitative estimate of drug-likeness (QED) is 0.0301.